The van der Waals surface area contributed by atoms with Gasteiger partial charge in [0.1, 0.15) is 5.58 Å². The molecule has 0 spiro atoms. The number of para-hydroxylation sites is 1. The zero-order valence-corrected chi connectivity index (χ0v) is 10.2. The molecule has 0 saturated heterocycles. The Balaban J connectivity index is 2.57. The van der Waals surface area contributed by atoms with Crippen LogP contribution in [0, 0.1) is 0 Å². The lowest BCUT2D eigenvalue weighted by molar-refractivity contribution is -0.401. The number of alkyl halides is 9. The van der Waals surface area contributed by atoms with Gasteiger partial charge in [-0.25, -0.2) is 0 Å². The van der Waals surface area contributed by atoms with E-state index in [-0.39, 0.29) is 17.0 Å². The van der Waals surface area contributed by atoms with Crippen LogP contribution in [0.3, 0.4) is 0 Å². The molecule has 0 aliphatic carbocycles. The quantitative estimate of drug-likeness (QED) is 0.688. The summed E-state index contributed by atoms with van der Waals surface area (Å²) in [5, 5.41) is -0.150. The summed E-state index contributed by atoms with van der Waals surface area (Å²) in [4.78, 5) is 0. The van der Waals surface area contributed by atoms with Crippen LogP contribution in [0.15, 0.2) is 34.7 Å². The minimum absolute atomic E-state index is 0.150. The molecule has 0 fully saturated rings. The highest BCUT2D eigenvalue weighted by atomic mass is 19.4. The third-order valence-corrected chi connectivity index (χ3v) is 2.88. The van der Waals surface area contributed by atoms with E-state index in [2.05, 4.69) is 4.42 Å². The van der Waals surface area contributed by atoms with Crippen molar-refractivity contribution in [3.63, 3.8) is 0 Å². The molecule has 0 N–H and O–H groups in total. The van der Waals surface area contributed by atoms with Crippen LogP contribution in [0.2, 0.25) is 0 Å². The summed E-state index contributed by atoms with van der Waals surface area (Å²) in [7, 11) is 0. The van der Waals surface area contributed by atoms with Gasteiger partial charge < -0.3 is 4.42 Å². The second kappa shape index (κ2) is 4.56. The Kier molecular flexibility index (Phi) is 3.42. The maximum Gasteiger partial charge on any atom is 0.460 e. The highest BCUT2D eigenvalue weighted by Gasteiger charge is 2.82. The Morgan fingerprint density at radius 1 is 0.727 bits per heavy atom. The Labute approximate surface area is 116 Å². The summed E-state index contributed by atoms with van der Waals surface area (Å²) in [5.74, 6) is -21.5. The van der Waals surface area contributed by atoms with Crippen molar-refractivity contribution in [2.75, 3.05) is 0 Å². The lowest BCUT2D eigenvalue weighted by atomic mass is 10.0. The van der Waals surface area contributed by atoms with E-state index in [0.29, 0.717) is 0 Å². The fourth-order valence-corrected chi connectivity index (χ4v) is 1.67. The van der Waals surface area contributed by atoms with E-state index in [0.717, 1.165) is 12.1 Å². The average Bonchev–Trinajstić information content (AvgIpc) is 2.81. The van der Waals surface area contributed by atoms with E-state index < -0.39 is 29.7 Å². The molecule has 2 rings (SSSR count). The van der Waals surface area contributed by atoms with Crippen LogP contribution >= 0.6 is 0 Å². The molecule has 0 atom stereocenters. The standard InChI is InChI=1S/C12H5F9O/c13-9(14,10(15,16)11(17,18)12(19,20)21)8-5-6-3-1-2-4-7(6)22-8/h1-5H. The van der Waals surface area contributed by atoms with Gasteiger partial charge in [-0.3, -0.25) is 0 Å². The molecule has 0 amide bonds. The topological polar surface area (TPSA) is 13.1 Å². The van der Waals surface area contributed by atoms with E-state index in [1.54, 1.807) is 0 Å². The number of halogens is 9. The largest absolute Gasteiger partial charge is 0.460 e. The van der Waals surface area contributed by atoms with Gasteiger partial charge in [-0.2, -0.15) is 39.5 Å². The number of fused-ring (bicyclic) bond motifs is 1. The first-order chi connectivity index (χ1) is 9.82. The molecular formula is C12H5F9O. The fourth-order valence-electron chi connectivity index (χ4n) is 1.67. The molecule has 1 nitrogen and oxygen atoms in total. The summed E-state index contributed by atoms with van der Waals surface area (Å²) in [6, 6.07) is 5.07. The van der Waals surface area contributed by atoms with Crippen LogP contribution in [-0.4, -0.2) is 18.0 Å². The van der Waals surface area contributed by atoms with Gasteiger partial charge in [0.05, 0.1) is 0 Å². The summed E-state index contributed by atoms with van der Waals surface area (Å²) in [6.45, 7) is 0. The molecule has 0 radical (unpaired) electrons. The molecule has 0 aliphatic rings. The van der Waals surface area contributed by atoms with E-state index in [1.165, 1.54) is 12.1 Å². The number of benzene rings is 1. The van der Waals surface area contributed by atoms with Gasteiger partial charge in [0.25, 0.3) is 0 Å². The Bertz CT molecular complexity index is 650. The van der Waals surface area contributed by atoms with Crippen LogP contribution in [0.1, 0.15) is 5.76 Å². The van der Waals surface area contributed by atoms with Gasteiger partial charge in [-0.15, -0.1) is 0 Å². The molecule has 1 aromatic carbocycles. The van der Waals surface area contributed by atoms with Crippen LogP contribution < -0.4 is 0 Å². The molecule has 0 aliphatic heterocycles. The SMILES string of the molecule is FC(F)(F)C(F)(F)C(F)(F)C(F)(F)c1cc2ccccc2o1. The Morgan fingerprint density at radius 3 is 1.77 bits per heavy atom. The third-order valence-electron chi connectivity index (χ3n) is 2.88. The van der Waals surface area contributed by atoms with Gasteiger partial charge in [0.15, 0.2) is 5.76 Å². The van der Waals surface area contributed by atoms with E-state index in [4.69, 9.17) is 0 Å². The first kappa shape index (κ1) is 16.5. The van der Waals surface area contributed by atoms with Crippen molar-refractivity contribution in [3.05, 3.63) is 36.1 Å². The average molecular weight is 336 g/mol. The van der Waals surface area contributed by atoms with Crippen molar-refractivity contribution >= 4 is 11.0 Å². The van der Waals surface area contributed by atoms with Crippen LogP contribution in [0.5, 0.6) is 0 Å². The number of hydrogen-bond donors (Lipinski definition) is 0. The first-order valence-electron chi connectivity index (χ1n) is 5.51. The minimum atomic E-state index is -6.94. The van der Waals surface area contributed by atoms with Gasteiger partial charge in [-0.05, 0) is 12.1 Å². The van der Waals surface area contributed by atoms with Crippen LogP contribution in [0.25, 0.3) is 11.0 Å². The monoisotopic (exact) mass is 336 g/mol. The molecule has 0 unspecified atom stereocenters. The smallest absolute Gasteiger partial charge is 0.454 e. The zero-order chi connectivity index (χ0) is 17.0. The van der Waals surface area contributed by atoms with Crippen molar-refractivity contribution in [1.82, 2.24) is 0 Å². The summed E-state index contributed by atoms with van der Waals surface area (Å²) < 4.78 is 119. The van der Waals surface area contributed by atoms with Crippen molar-refractivity contribution < 1.29 is 43.9 Å². The Hall–Kier alpha value is -1.87. The van der Waals surface area contributed by atoms with E-state index in [9.17, 15) is 39.5 Å². The lowest BCUT2D eigenvalue weighted by Crippen LogP contribution is -2.59. The molecular weight excluding hydrogens is 331 g/mol. The maximum atomic E-state index is 13.6. The van der Waals surface area contributed by atoms with Gasteiger partial charge >= 0.3 is 23.9 Å². The predicted octanol–water partition coefficient (Wildman–Crippen LogP) is 5.36. The molecule has 10 heteroatoms. The molecule has 0 bridgehead atoms. The van der Waals surface area contributed by atoms with Gasteiger partial charge in [0, 0.05) is 5.39 Å². The van der Waals surface area contributed by atoms with Crippen LogP contribution in [-0.2, 0) is 5.92 Å². The molecule has 122 valence electrons. The number of rotatable bonds is 3. The number of furan rings is 1. The highest BCUT2D eigenvalue weighted by Crippen LogP contribution is 2.57. The van der Waals surface area contributed by atoms with Gasteiger partial charge in [-0.1, -0.05) is 18.2 Å². The van der Waals surface area contributed by atoms with E-state index in [1.807, 2.05) is 0 Å². The van der Waals surface area contributed by atoms with Gasteiger partial charge in [0.2, 0.25) is 0 Å². The number of hydrogen-bond acceptors (Lipinski definition) is 1. The normalized spacial score (nSPS) is 14.6. The predicted molar refractivity (Wildman–Crippen MR) is 56.1 cm³/mol. The van der Waals surface area contributed by atoms with Crippen molar-refractivity contribution in [3.8, 4) is 0 Å². The molecule has 2 aromatic rings. The Morgan fingerprint density at radius 2 is 1.27 bits per heavy atom. The summed E-state index contributed by atoms with van der Waals surface area (Å²) in [6.07, 6.45) is -6.86. The van der Waals surface area contributed by atoms with E-state index >= 15 is 0 Å². The van der Waals surface area contributed by atoms with Crippen molar-refractivity contribution in [1.29, 1.82) is 0 Å². The zero-order valence-electron chi connectivity index (χ0n) is 10.2. The molecule has 1 heterocycles. The highest BCUT2D eigenvalue weighted by molar-refractivity contribution is 5.77. The molecule has 22 heavy (non-hydrogen) atoms. The fraction of sp³-hybridized carbons (Fsp3) is 0.333. The first-order valence-corrected chi connectivity index (χ1v) is 5.51. The lowest BCUT2D eigenvalue weighted by Gasteiger charge is -2.32. The second-order valence-corrected chi connectivity index (χ2v) is 4.37. The van der Waals surface area contributed by atoms with Crippen molar-refractivity contribution in [2.45, 2.75) is 23.9 Å². The third kappa shape index (κ3) is 2.12. The summed E-state index contributed by atoms with van der Waals surface area (Å²) in [5.41, 5.74) is -0.358. The summed E-state index contributed by atoms with van der Waals surface area (Å²) >= 11 is 0. The maximum absolute atomic E-state index is 13.6. The second-order valence-electron chi connectivity index (χ2n) is 4.37. The van der Waals surface area contributed by atoms with Crippen LogP contribution in [0.4, 0.5) is 39.5 Å². The molecule has 1 aromatic heterocycles. The molecule has 0 saturated carbocycles. The minimum Gasteiger partial charge on any atom is -0.454 e. The van der Waals surface area contributed by atoms with Crippen molar-refractivity contribution in [2.24, 2.45) is 0 Å².